The van der Waals surface area contributed by atoms with Crippen molar-refractivity contribution in [3.8, 4) is 0 Å². The van der Waals surface area contributed by atoms with Crippen molar-refractivity contribution >= 4 is 33.4 Å². The van der Waals surface area contributed by atoms with Gasteiger partial charge in [-0.15, -0.1) is 0 Å². The Balaban J connectivity index is 1.40. The zero-order valence-corrected chi connectivity index (χ0v) is 16.7. The summed E-state index contributed by atoms with van der Waals surface area (Å²) in [6.07, 6.45) is 1.56. The van der Waals surface area contributed by atoms with Crippen LogP contribution in [0.5, 0.6) is 0 Å². The molecule has 0 saturated carbocycles. The molecule has 2 aromatic carbocycles. The molecule has 0 atom stereocenters. The lowest BCUT2D eigenvalue weighted by Crippen LogP contribution is -2.43. The van der Waals surface area contributed by atoms with E-state index in [0.717, 1.165) is 41.7 Å². The average molecular weight is 430 g/mol. The summed E-state index contributed by atoms with van der Waals surface area (Å²) in [5.41, 5.74) is 1.88. The lowest BCUT2D eigenvalue weighted by atomic mass is 9.96. The number of nitrogens with one attached hydrogen (secondary N) is 2. The van der Waals surface area contributed by atoms with Gasteiger partial charge in [0.15, 0.2) is 0 Å². The summed E-state index contributed by atoms with van der Waals surface area (Å²) in [4.78, 5) is 26.7. The first-order chi connectivity index (χ1) is 13.1. The van der Waals surface area contributed by atoms with Crippen LogP contribution in [0.3, 0.4) is 0 Å². The van der Waals surface area contributed by atoms with Crippen LogP contribution in [0.1, 0.15) is 18.4 Å². The molecule has 1 aliphatic heterocycles. The van der Waals surface area contributed by atoms with Gasteiger partial charge >= 0.3 is 0 Å². The molecule has 0 aromatic heterocycles. The summed E-state index contributed by atoms with van der Waals surface area (Å²) in [6.45, 7) is 2.42. The molecule has 1 heterocycles. The van der Waals surface area contributed by atoms with Gasteiger partial charge in [-0.05, 0) is 59.6 Å². The lowest BCUT2D eigenvalue weighted by Gasteiger charge is -2.30. The van der Waals surface area contributed by atoms with Crippen molar-refractivity contribution < 1.29 is 9.59 Å². The van der Waals surface area contributed by atoms with Crippen molar-refractivity contribution in [3.63, 3.8) is 0 Å². The highest BCUT2D eigenvalue weighted by Crippen LogP contribution is 2.22. The number of carbonyl (C=O) groups is 2. The third-order valence-corrected chi connectivity index (χ3v) is 5.47. The summed E-state index contributed by atoms with van der Waals surface area (Å²) in [5, 5.41) is 5.94. The van der Waals surface area contributed by atoms with Crippen LogP contribution in [0.2, 0.25) is 0 Å². The number of hydrogen-bond donors (Lipinski definition) is 2. The first kappa shape index (κ1) is 19.6. The maximum Gasteiger partial charge on any atom is 0.238 e. The van der Waals surface area contributed by atoms with E-state index >= 15 is 0 Å². The van der Waals surface area contributed by atoms with Gasteiger partial charge in [0.25, 0.3) is 0 Å². The molecule has 27 heavy (non-hydrogen) atoms. The Bertz CT molecular complexity index is 774. The lowest BCUT2D eigenvalue weighted by molar-refractivity contribution is -0.126. The second-order valence-electron chi connectivity index (χ2n) is 6.78. The number of carbonyl (C=O) groups excluding carboxylic acids is 2. The number of amides is 2. The van der Waals surface area contributed by atoms with Crippen molar-refractivity contribution in [2.24, 2.45) is 5.92 Å². The molecule has 6 heteroatoms. The Labute approximate surface area is 168 Å². The molecular formula is C21H24BrN3O2. The maximum atomic E-state index is 12.4. The fourth-order valence-corrected chi connectivity index (χ4v) is 3.62. The Morgan fingerprint density at radius 1 is 1.00 bits per heavy atom. The van der Waals surface area contributed by atoms with Crippen LogP contribution >= 0.6 is 15.9 Å². The first-order valence-corrected chi connectivity index (χ1v) is 9.99. The summed E-state index contributed by atoms with van der Waals surface area (Å²) >= 11 is 3.43. The molecule has 2 amide bonds. The molecule has 142 valence electrons. The number of halogens is 1. The van der Waals surface area contributed by atoms with Gasteiger partial charge in [0, 0.05) is 16.9 Å². The van der Waals surface area contributed by atoms with Crippen LogP contribution in [-0.4, -0.2) is 36.3 Å². The van der Waals surface area contributed by atoms with Crippen molar-refractivity contribution in [1.82, 2.24) is 10.2 Å². The Hall–Kier alpha value is -2.18. The molecule has 0 bridgehead atoms. The van der Waals surface area contributed by atoms with Gasteiger partial charge in [-0.25, -0.2) is 0 Å². The first-order valence-electron chi connectivity index (χ1n) is 9.20. The third kappa shape index (κ3) is 5.91. The number of nitrogens with zero attached hydrogens (tertiary/aromatic N) is 1. The Kier molecular flexibility index (Phi) is 7.01. The summed E-state index contributed by atoms with van der Waals surface area (Å²) in [6, 6.07) is 17.5. The highest BCUT2D eigenvalue weighted by molar-refractivity contribution is 9.10. The minimum atomic E-state index is -0.0334. The smallest absolute Gasteiger partial charge is 0.238 e. The van der Waals surface area contributed by atoms with Crippen molar-refractivity contribution in [1.29, 1.82) is 0 Å². The van der Waals surface area contributed by atoms with Gasteiger partial charge in [-0.2, -0.15) is 0 Å². The normalized spacial score (nSPS) is 15.3. The quantitative estimate of drug-likeness (QED) is 0.739. The van der Waals surface area contributed by atoms with Crippen LogP contribution < -0.4 is 10.6 Å². The second kappa shape index (κ2) is 9.67. The van der Waals surface area contributed by atoms with E-state index in [4.69, 9.17) is 0 Å². The van der Waals surface area contributed by atoms with Gasteiger partial charge in [0.05, 0.1) is 12.2 Å². The van der Waals surface area contributed by atoms with E-state index in [1.165, 1.54) is 0 Å². The van der Waals surface area contributed by atoms with Gasteiger partial charge < -0.3 is 10.6 Å². The van der Waals surface area contributed by atoms with E-state index in [0.29, 0.717) is 13.1 Å². The highest BCUT2D eigenvalue weighted by Gasteiger charge is 2.25. The largest absolute Gasteiger partial charge is 0.352 e. The van der Waals surface area contributed by atoms with E-state index < -0.39 is 0 Å². The van der Waals surface area contributed by atoms with E-state index in [-0.39, 0.29) is 17.7 Å². The van der Waals surface area contributed by atoms with Gasteiger partial charge in [0.2, 0.25) is 11.8 Å². The predicted molar refractivity (Wildman–Crippen MR) is 110 cm³/mol. The molecule has 2 N–H and O–H groups in total. The molecule has 0 radical (unpaired) electrons. The van der Waals surface area contributed by atoms with Crippen molar-refractivity contribution in [2.45, 2.75) is 19.4 Å². The fraction of sp³-hybridized carbons (Fsp3) is 0.333. The molecule has 1 saturated heterocycles. The third-order valence-electron chi connectivity index (χ3n) is 4.78. The van der Waals surface area contributed by atoms with Gasteiger partial charge in [0.1, 0.15) is 0 Å². The fourth-order valence-electron chi connectivity index (χ4n) is 3.24. The number of likely N-dealkylation sites (tertiary alicyclic amines) is 1. The molecule has 0 unspecified atom stereocenters. The average Bonchev–Trinajstić information content (AvgIpc) is 2.69. The summed E-state index contributed by atoms with van der Waals surface area (Å²) in [5.74, 6) is 0.0985. The van der Waals surface area contributed by atoms with Crippen molar-refractivity contribution in [3.05, 3.63) is 64.6 Å². The summed E-state index contributed by atoms with van der Waals surface area (Å²) < 4.78 is 0.868. The zero-order chi connectivity index (χ0) is 19.1. The molecular weight excluding hydrogens is 406 g/mol. The number of rotatable bonds is 6. The van der Waals surface area contributed by atoms with E-state index in [1.807, 2.05) is 54.6 Å². The van der Waals surface area contributed by atoms with E-state index in [9.17, 15) is 9.59 Å². The second-order valence-corrected chi connectivity index (χ2v) is 7.64. The van der Waals surface area contributed by atoms with Gasteiger partial charge in [-0.1, -0.05) is 42.5 Å². The monoisotopic (exact) mass is 429 g/mol. The molecule has 0 aliphatic carbocycles. The molecule has 5 nitrogen and oxygen atoms in total. The summed E-state index contributed by atoms with van der Waals surface area (Å²) in [7, 11) is 0. The number of piperidine rings is 1. The minimum absolute atomic E-state index is 0.0243. The Morgan fingerprint density at radius 3 is 2.37 bits per heavy atom. The van der Waals surface area contributed by atoms with Crippen LogP contribution in [0.15, 0.2) is 59.1 Å². The van der Waals surface area contributed by atoms with Crippen LogP contribution in [0.25, 0.3) is 0 Å². The van der Waals surface area contributed by atoms with Gasteiger partial charge in [-0.3, -0.25) is 14.5 Å². The highest BCUT2D eigenvalue weighted by atomic mass is 79.9. The van der Waals surface area contributed by atoms with Crippen LogP contribution in [-0.2, 0) is 16.1 Å². The molecule has 1 aliphatic rings. The minimum Gasteiger partial charge on any atom is -0.352 e. The molecule has 0 spiro atoms. The number of para-hydroxylation sites is 1. The van der Waals surface area contributed by atoms with Crippen LogP contribution in [0.4, 0.5) is 5.69 Å². The van der Waals surface area contributed by atoms with E-state index in [1.54, 1.807) is 0 Å². The number of benzene rings is 2. The van der Waals surface area contributed by atoms with E-state index in [2.05, 4.69) is 31.5 Å². The molecule has 1 fully saturated rings. The topological polar surface area (TPSA) is 61.4 Å². The number of hydrogen-bond acceptors (Lipinski definition) is 3. The zero-order valence-electron chi connectivity index (χ0n) is 15.2. The molecule has 2 aromatic rings. The van der Waals surface area contributed by atoms with Crippen molar-refractivity contribution in [2.75, 3.05) is 25.0 Å². The SMILES string of the molecule is O=C(CN1CCC(C(=O)NCc2ccccc2)CC1)Nc1ccccc1Br. The standard InChI is InChI=1S/C21H24BrN3O2/c22-18-8-4-5-9-19(18)24-20(26)15-25-12-10-17(11-13-25)21(27)23-14-16-6-2-1-3-7-16/h1-9,17H,10-15H2,(H,23,27)(H,24,26). The predicted octanol–water partition coefficient (Wildman–Crippen LogP) is 3.42. The van der Waals surface area contributed by atoms with Crippen LogP contribution in [0, 0.1) is 5.92 Å². The maximum absolute atomic E-state index is 12.4. The number of anilines is 1. The Morgan fingerprint density at radius 2 is 1.67 bits per heavy atom. The molecule has 3 rings (SSSR count).